The molecule has 0 spiro atoms. The Morgan fingerprint density at radius 1 is 1.38 bits per heavy atom. The average Bonchev–Trinajstić information content (AvgIpc) is 2.36. The lowest BCUT2D eigenvalue weighted by atomic mass is 9.88. The maximum absolute atomic E-state index is 9.47. The van der Waals surface area contributed by atoms with Gasteiger partial charge in [0, 0.05) is 0 Å². The van der Waals surface area contributed by atoms with E-state index in [9.17, 15) is 5.26 Å². The molecule has 1 rings (SSSR count). The zero-order valence-electron chi connectivity index (χ0n) is 9.86. The number of nitrogens with zero attached hydrogens (tertiary/aromatic N) is 1. The van der Waals surface area contributed by atoms with Crippen molar-refractivity contribution in [1.82, 2.24) is 5.32 Å². The van der Waals surface area contributed by atoms with Crippen molar-refractivity contribution in [3.63, 3.8) is 0 Å². The number of nitrogens with one attached hydrogen (secondary N) is 1. The van der Waals surface area contributed by atoms with Gasteiger partial charge < -0.3 is 0 Å². The fourth-order valence-electron chi connectivity index (χ4n) is 1.77. The predicted molar refractivity (Wildman–Crippen MR) is 70.4 cm³/mol. The highest BCUT2D eigenvalue weighted by molar-refractivity contribution is 7.98. The van der Waals surface area contributed by atoms with Crippen LogP contribution in [0.2, 0.25) is 0 Å². The van der Waals surface area contributed by atoms with Crippen molar-refractivity contribution in [3.05, 3.63) is 35.9 Å². The molecule has 0 radical (unpaired) electrons. The molecule has 1 aromatic carbocycles. The summed E-state index contributed by atoms with van der Waals surface area (Å²) in [5.41, 5.74) is 0.535. The molecule has 1 N–H and O–H groups in total. The van der Waals surface area contributed by atoms with E-state index in [4.69, 9.17) is 0 Å². The van der Waals surface area contributed by atoms with Crippen molar-refractivity contribution in [2.75, 3.05) is 18.6 Å². The second-order valence-corrected chi connectivity index (χ2v) is 4.64. The van der Waals surface area contributed by atoms with Crippen LogP contribution in [0.3, 0.4) is 0 Å². The van der Waals surface area contributed by atoms with Gasteiger partial charge in [0.25, 0.3) is 0 Å². The van der Waals surface area contributed by atoms with Crippen molar-refractivity contribution in [1.29, 1.82) is 5.26 Å². The Balaban J connectivity index is 2.98. The zero-order chi connectivity index (χ0) is 11.9. The fourth-order valence-corrected chi connectivity index (χ4v) is 2.28. The van der Waals surface area contributed by atoms with Gasteiger partial charge in [-0.15, -0.1) is 0 Å². The highest BCUT2D eigenvalue weighted by Gasteiger charge is 2.30. The molecule has 1 aromatic rings. The summed E-state index contributed by atoms with van der Waals surface area (Å²) in [5.74, 6) is 0.982. The van der Waals surface area contributed by atoms with Gasteiger partial charge in [0.15, 0.2) is 0 Å². The van der Waals surface area contributed by atoms with Gasteiger partial charge in [0.2, 0.25) is 0 Å². The van der Waals surface area contributed by atoms with Gasteiger partial charge in [0.1, 0.15) is 5.54 Å². The van der Waals surface area contributed by atoms with Gasteiger partial charge in [-0.2, -0.15) is 17.0 Å². The van der Waals surface area contributed by atoms with E-state index in [2.05, 4.69) is 17.6 Å². The number of nitriles is 1. The third-order valence-corrected chi connectivity index (χ3v) is 3.23. The first-order valence-electron chi connectivity index (χ1n) is 5.50. The second-order valence-electron chi connectivity index (χ2n) is 3.66. The van der Waals surface area contributed by atoms with E-state index in [0.717, 1.165) is 24.3 Å². The lowest BCUT2D eigenvalue weighted by molar-refractivity contribution is 0.428. The number of hydrogen-bond acceptors (Lipinski definition) is 3. The van der Waals surface area contributed by atoms with Gasteiger partial charge in [0.05, 0.1) is 6.07 Å². The first-order chi connectivity index (χ1) is 7.79. The summed E-state index contributed by atoms with van der Waals surface area (Å²) in [6, 6.07) is 12.4. The summed E-state index contributed by atoms with van der Waals surface area (Å²) in [6.07, 6.45) is 2.90. The number of rotatable bonds is 6. The lowest BCUT2D eigenvalue weighted by Crippen LogP contribution is -2.41. The van der Waals surface area contributed by atoms with Crippen molar-refractivity contribution in [2.45, 2.75) is 18.9 Å². The molecule has 2 nitrogen and oxygen atoms in total. The molecule has 0 saturated heterocycles. The summed E-state index contributed by atoms with van der Waals surface area (Å²) in [5, 5.41) is 12.8. The minimum atomic E-state index is -0.529. The van der Waals surface area contributed by atoms with Crippen molar-refractivity contribution < 1.29 is 0 Å². The van der Waals surface area contributed by atoms with E-state index >= 15 is 0 Å². The molecule has 16 heavy (non-hydrogen) atoms. The van der Waals surface area contributed by atoms with Crippen molar-refractivity contribution >= 4 is 11.8 Å². The first-order valence-corrected chi connectivity index (χ1v) is 6.89. The van der Waals surface area contributed by atoms with Crippen LogP contribution in [-0.4, -0.2) is 18.6 Å². The maximum Gasteiger partial charge on any atom is 0.133 e. The SMILES string of the molecule is CCNC(C#N)(CCSC)c1ccccc1. The van der Waals surface area contributed by atoms with Crippen LogP contribution in [0.25, 0.3) is 0 Å². The predicted octanol–water partition coefficient (Wildman–Crippen LogP) is 2.77. The topological polar surface area (TPSA) is 35.8 Å². The van der Waals surface area contributed by atoms with Gasteiger partial charge >= 0.3 is 0 Å². The number of benzene rings is 1. The molecule has 0 saturated carbocycles. The van der Waals surface area contributed by atoms with Crippen LogP contribution in [-0.2, 0) is 5.54 Å². The van der Waals surface area contributed by atoms with Gasteiger partial charge in [-0.05, 0) is 30.5 Å². The molecule has 0 aromatic heterocycles. The summed E-state index contributed by atoms with van der Waals surface area (Å²) in [4.78, 5) is 0. The fraction of sp³-hybridized carbons (Fsp3) is 0.462. The molecule has 0 aliphatic rings. The molecule has 0 bridgehead atoms. The zero-order valence-corrected chi connectivity index (χ0v) is 10.7. The Bertz CT molecular complexity index is 345. The Hall–Kier alpha value is -0.980. The number of hydrogen-bond donors (Lipinski definition) is 1. The summed E-state index contributed by atoms with van der Waals surface area (Å²) >= 11 is 1.77. The highest BCUT2D eigenvalue weighted by atomic mass is 32.2. The lowest BCUT2D eigenvalue weighted by Gasteiger charge is -2.27. The van der Waals surface area contributed by atoms with E-state index in [1.807, 2.05) is 37.3 Å². The molecule has 1 atom stereocenters. The van der Waals surface area contributed by atoms with Crippen LogP contribution >= 0.6 is 11.8 Å². The van der Waals surface area contributed by atoms with Crippen LogP contribution in [0.15, 0.2) is 30.3 Å². The highest BCUT2D eigenvalue weighted by Crippen LogP contribution is 2.25. The minimum absolute atomic E-state index is 0.529. The van der Waals surface area contributed by atoms with Crippen LogP contribution in [0.1, 0.15) is 18.9 Å². The number of thioether (sulfide) groups is 1. The minimum Gasteiger partial charge on any atom is -0.296 e. The van der Waals surface area contributed by atoms with Gasteiger partial charge in [-0.25, -0.2) is 0 Å². The van der Waals surface area contributed by atoms with Crippen LogP contribution in [0.4, 0.5) is 0 Å². The van der Waals surface area contributed by atoms with Gasteiger partial charge in [-0.3, -0.25) is 5.32 Å². The molecule has 3 heteroatoms. The smallest absolute Gasteiger partial charge is 0.133 e. The van der Waals surface area contributed by atoms with E-state index in [-0.39, 0.29) is 0 Å². The van der Waals surface area contributed by atoms with E-state index < -0.39 is 5.54 Å². The third-order valence-electron chi connectivity index (χ3n) is 2.62. The molecule has 0 amide bonds. The Morgan fingerprint density at radius 3 is 2.56 bits per heavy atom. The maximum atomic E-state index is 9.47. The van der Waals surface area contributed by atoms with E-state index in [1.165, 1.54) is 0 Å². The Morgan fingerprint density at radius 2 is 2.06 bits per heavy atom. The molecule has 0 fully saturated rings. The summed E-state index contributed by atoms with van der Waals surface area (Å²) < 4.78 is 0. The monoisotopic (exact) mass is 234 g/mol. The van der Waals surface area contributed by atoms with Gasteiger partial charge in [-0.1, -0.05) is 37.3 Å². The molecular formula is C13H18N2S. The van der Waals surface area contributed by atoms with Crippen LogP contribution in [0.5, 0.6) is 0 Å². The molecule has 0 aliphatic carbocycles. The van der Waals surface area contributed by atoms with Crippen LogP contribution < -0.4 is 5.32 Å². The quantitative estimate of drug-likeness (QED) is 0.822. The molecule has 1 unspecified atom stereocenters. The average molecular weight is 234 g/mol. The Labute approximate surface area is 102 Å². The second kappa shape index (κ2) is 6.57. The standard InChI is InChI=1S/C13H18N2S/c1-3-15-13(11-14,9-10-16-2)12-7-5-4-6-8-12/h4-8,15H,3,9-10H2,1-2H3. The van der Waals surface area contributed by atoms with E-state index in [0.29, 0.717) is 0 Å². The third kappa shape index (κ3) is 3.01. The molecule has 0 heterocycles. The van der Waals surface area contributed by atoms with E-state index in [1.54, 1.807) is 11.8 Å². The van der Waals surface area contributed by atoms with Crippen molar-refractivity contribution in [3.8, 4) is 6.07 Å². The molecule has 86 valence electrons. The molecular weight excluding hydrogens is 216 g/mol. The largest absolute Gasteiger partial charge is 0.296 e. The van der Waals surface area contributed by atoms with Crippen LogP contribution in [0, 0.1) is 11.3 Å². The normalized spacial score (nSPS) is 14.1. The molecule has 0 aliphatic heterocycles. The summed E-state index contributed by atoms with van der Waals surface area (Å²) in [7, 11) is 0. The summed E-state index contributed by atoms with van der Waals surface area (Å²) in [6.45, 7) is 2.84. The van der Waals surface area contributed by atoms with Crippen molar-refractivity contribution in [2.24, 2.45) is 0 Å². The Kier molecular flexibility index (Phi) is 5.37. The first kappa shape index (κ1) is 13.1.